The minimum atomic E-state index is -0.527. The Bertz CT molecular complexity index is 876. The summed E-state index contributed by atoms with van der Waals surface area (Å²) in [5, 5.41) is 9.75. The Hall–Kier alpha value is -2.31. The molecule has 0 bridgehead atoms. The van der Waals surface area contributed by atoms with Crippen LogP contribution in [0.3, 0.4) is 0 Å². The molecule has 0 spiro atoms. The Labute approximate surface area is 164 Å². The van der Waals surface area contributed by atoms with Crippen LogP contribution in [0.4, 0.5) is 11.4 Å². The van der Waals surface area contributed by atoms with Gasteiger partial charge in [0.05, 0.1) is 0 Å². The molecule has 1 unspecified atom stereocenters. The summed E-state index contributed by atoms with van der Waals surface area (Å²) in [5.41, 5.74) is 4.83. The van der Waals surface area contributed by atoms with Gasteiger partial charge in [-0.2, -0.15) is 0 Å². The highest BCUT2D eigenvalue weighted by molar-refractivity contribution is 7.74. The maximum Gasteiger partial charge on any atom is 0.0438 e. The maximum atomic E-state index is 3.38. The van der Waals surface area contributed by atoms with Gasteiger partial charge in [-0.3, -0.25) is 0 Å². The molecule has 2 nitrogen and oxygen atoms in total. The summed E-state index contributed by atoms with van der Waals surface area (Å²) in [7, 11) is 3.45. The molecular weight excluding hydrogens is 347 g/mol. The molecular formula is C24H29N2P. The van der Waals surface area contributed by atoms with E-state index >= 15 is 0 Å². The van der Waals surface area contributed by atoms with E-state index in [-0.39, 0.29) is 5.16 Å². The zero-order valence-corrected chi connectivity index (χ0v) is 17.8. The van der Waals surface area contributed by atoms with Crippen LogP contribution in [0.25, 0.3) is 11.1 Å². The molecule has 27 heavy (non-hydrogen) atoms. The van der Waals surface area contributed by atoms with Crippen LogP contribution >= 0.6 is 7.92 Å². The van der Waals surface area contributed by atoms with Crippen LogP contribution in [0.15, 0.2) is 72.8 Å². The molecule has 3 heteroatoms. The molecule has 0 aromatic heterocycles. The Morgan fingerprint density at radius 3 is 1.78 bits per heavy atom. The predicted octanol–water partition coefficient (Wildman–Crippen LogP) is 5.67. The number of hydrogen-bond donors (Lipinski definition) is 2. The van der Waals surface area contributed by atoms with Crippen molar-refractivity contribution in [3.8, 4) is 11.1 Å². The molecule has 0 aliphatic rings. The van der Waals surface area contributed by atoms with E-state index in [0.717, 1.165) is 11.4 Å². The average Bonchev–Trinajstić information content (AvgIpc) is 2.67. The number of benzene rings is 3. The van der Waals surface area contributed by atoms with Gasteiger partial charge >= 0.3 is 0 Å². The van der Waals surface area contributed by atoms with Gasteiger partial charge in [0.2, 0.25) is 0 Å². The number of nitrogens with one attached hydrogen (secondary N) is 2. The zero-order chi connectivity index (χ0) is 19.4. The van der Waals surface area contributed by atoms with Gasteiger partial charge in [0, 0.05) is 31.0 Å². The van der Waals surface area contributed by atoms with Gasteiger partial charge in [-0.05, 0) is 41.4 Å². The van der Waals surface area contributed by atoms with Crippen LogP contribution in [0.1, 0.15) is 20.8 Å². The first-order valence-electron chi connectivity index (χ1n) is 9.40. The van der Waals surface area contributed by atoms with Crippen molar-refractivity contribution in [2.45, 2.75) is 25.9 Å². The van der Waals surface area contributed by atoms with Crippen LogP contribution in [0, 0.1) is 0 Å². The van der Waals surface area contributed by atoms with Gasteiger partial charge in [-0.1, -0.05) is 81.4 Å². The number of rotatable bonds is 5. The van der Waals surface area contributed by atoms with Crippen molar-refractivity contribution in [1.82, 2.24) is 0 Å². The average molecular weight is 376 g/mol. The highest BCUT2D eigenvalue weighted by Gasteiger charge is 2.30. The van der Waals surface area contributed by atoms with Gasteiger partial charge < -0.3 is 10.6 Å². The van der Waals surface area contributed by atoms with Crippen LogP contribution in [0.5, 0.6) is 0 Å². The second-order valence-electron chi connectivity index (χ2n) is 7.59. The van der Waals surface area contributed by atoms with E-state index in [0.29, 0.717) is 0 Å². The van der Waals surface area contributed by atoms with E-state index in [1.165, 1.54) is 21.7 Å². The second-order valence-corrected chi connectivity index (χ2v) is 10.6. The summed E-state index contributed by atoms with van der Waals surface area (Å²) >= 11 is 0. The van der Waals surface area contributed by atoms with E-state index < -0.39 is 7.92 Å². The summed E-state index contributed by atoms with van der Waals surface area (Å²) < 4.78 is 0. The lowest BCUT2D eigenvalue weighted by molar-refractivity contribution is 0.793. The standard InChI is InChI=1S/C24H29N2P/c1-24(2,3)27(18-12-7-6-8-13-18)22-17-10-9-14-19(22)23-20(25-4)15-11-16-21(23)26-5/h6-17,25-26H,1-5H3. The third-order valence-corrected chi connectivity index (χ3v) is 7.73. The Balaban J connectivity index is 2.29. The van der Waals surface area contributed by atoms with Crippen molar-refractivity contribution in [2.24, 2.45) is 0 Å². The summed E-state index contributed by atoms with van der Waals surface area (Å²) in [6.07, 6.45) is 0. The third kappa shape index (κ3) is 4.01. The lowest BCUT2D eigenvalue weighted by atomic mass is 10.0. The number of hydrogen-bond acceptors (Lipinski definition) is 2. The van der Waals surface area contributed by atoms with Crippen LogP contribution in [0.2, 0.25) is 0 Å². The fourth-order valence-corrected chi connectivity index (χ4v) is 6.51. The molecule has 0 saturated carbocycles. The predicted molar refractivity (Wildman–Crippen MR) is 123 cm³/mol. The Morgan fingerprint density at radius 1 is 0.667 bits per heavy atom. The highest BCUT2D eigenvalue weighted by atomic mass is 31.1. The third-order valence-electron chi connectivity index (χ3n) is 4.70. The molecule has 0 aliphatic carbocycles. The van der Waals surface area contributed by atoms with Gasteiger partial charge in [0.25, 0.3) is 0 Å². The lowest BCUT2D eigenvalue weighted by Crippen LogP contribution is -2.27. The molecule has 3 rings (SSSR count). The van der Waals surface area contributed by atoms with Crippen molar-refractivity contribution in [1.29, 1.82) is 0 Å². The minimum absolute atomic E-state index is 0.154. The smallest absolute Gasteiger partial charge is 0.0438 e. The fraction of sp³-hybridized carbons (Fsp3) is 0.250. The van der Waals surface area contributed by atoms with Crippen LogP contribution in [-0.4, -0.2) is 19.3 Å². The fourth-order valence-electron chi connectivity index (χ4n) is 3.60. The largest absolute Gasteiger partial charge is 0.388 e. The molecule has 0 amide bonds. The molecule has 3 aromatic rings. The summed E-state index contributed by atoms with van der Waals surface area (Å²) in [5.74, 6) is 0. The van der Waals surface area contributed by atoms with Crippen molar-refractivity contribution < 1.29 is 0 Å². The van der Waals surface area contributed by atoms with Crippen molar-refractivity contribution in [3.05, 3.63) is 72.8 Å². The first-order chi connectivity index (χ1) is 13.0. The first kappa shape index (κ1) is 19.5. The van der Waals surface area contributed by atoms with E-state index in [1.54, 1.807) is 0 Å². The topological polar surface area (TPSA) is 24.1 Å². The monoisotopic (exact) mass is 376 g/mol. The molecule has 1 atom stereocenters. The second kappa shape index (κ2) is 8.15. The molecule has 0 heterocycles. The molecule has 0 aliphatic heterocycles. The maximum absolute atomic E-state index is 3.38. The summed E-state index contributed by atoms with van der Waals surface area (Å²) in [6, 6.07) is 26.2. The molecule has 3 aromatic carbocycles. The van der Waals surface area contributed by atoms with Gasteiger partial charge in [0.15, 0.2) is 0 Å². The molecule has 2 N–H and O–H groups in total. The zero-order valence-electron chi connectivity index (χ0n) is 16.9. The molecule has 0 saturated heterocycles. The lowest BCUT2D eigenvalue weighted by Gasteiger charge is -2.34. The molecule has 140 valence electrons. The van der Waals surface area contributed by atoms with Gasteiger partial charge in [-0.15, -0.1) is 0 Å². The summed E-state index contributed by atoms with van der Waals surface area (Å²) in [4.78, 5) is 0. The van der Waals surface area contributed by atoms with E-state index in [1.807, 2.05) is 14.1 Å². The minimum Gasteiger partial charge on any atom is -0.388 e. The number of anilines is 2. The highest BCUT2D eigenvalue weighted by Crippen LogP contribution is 2.50. The van der Waals surface area contributed by atoms with Crippen molar-refractivity contribution in [3.63, 3.8) is 0 Å². The molecule has 0 radical (unpaired) electrons. The Kier molecular flexibility index (Phi) is 5.87. The quantitative estimate of drug-likeness (QED) is 0.561. The van der Waals surface area contributed by atoms with Crippen LogP contribution < -0.4 is 21.2 Å². The van der Waals surface area contributed by atoms with Crippen molar-refractivity contribution in [2.75, 3.05) is 24.7 Å². The van der Waals surface area contributed by atoms with E-state index in [4.69, 9.17) is 0 Å². The SMILES string of the molecule is CNc1cccc(NC)c1-c1ccccc1P(c1ccccc1)C(C)(C)C. The molecule has 0 fully saturated rings. The van der Waals surface area contributed by atoms with Crippen LogP contribution in [-0.2, 0) is 0 Å². The van der Waals surface area contributed by atoms with E-state index in [9.17, 15) is 0 Å². The van der Waals surface area contributed by atoms with Gasteiger partial charge in [0.1, 0.15) is 0 Å². The van der Waals surface area contributed by atoms with Crippen molar-refractivity contribution >= 4 is 29.9 Å². The Morgan fingerprint density at radius 2 is 1.22 bits per heavy atom. The van der Waals surface area contributed by atoms with E-state index in [2.05, 4.69) is 104 Å². The van der Waals surface area contributed by atoms with Gasteiger partial charge in [-0.25, -0.2) is 0 Å². The first-order valence-corrected chi connectivity index (χ1v) is 10.7. The summed E-state index contributed by atoms with van der Waals surface area (Å²) in [6.45, 7) is 7.06. The normalized spacial score (nSPS) is 12.5.